The molecule has 2 aliphatic rings. The molecule has 0 saturated carbocycles. The summed E-state index contributed by atoms with van der Waals surface area (Å²) in [4.78, 5) is 30.0. The molecule has 26 heavy (non-hydrogen) atoms. The van der Waals surface area contributed by atoms with E-state index in [0.29, 0.717) is 12.2 Å². The van der Waals surface area contributed by atoms with Crippen LogP contribution < -0.4 is 4.74 Å². The largest absolute Gasteiger partial charge is 0.497 e. The molecule has 0 bridgehead atoms. The van der Waals surface area contributed by atoms with Crippen molar-refractivity contribution in [2.24, 2.45) is 7.05 Å². The third kappa shape index (κ3) is 2.31. The molecular weight excluding hydrogens is 330 g/mol. The van der Waals surface area contributed by atoms with E-state index in [4.69, 9.17) is 4.74 Å². The van der Waals surface area contributed by atoms with Crippen LogP contribution >= 0.6 is 0 Å². The van der Waals surface area contributed by atoms with E-state index in [1.54, 1.807) is 12.0 Å². The summed E-state index contributed by atoms with van der Waals surface area (Å²) in [6, 6.07) is 7.70. The summed E-state index contributed by atoms with van der Waals surface area (Å²) in [5, 5.41) is 0.968. The van der Waals surface area contributed by atoms with E-state index in [1.807, 2.05) is 47.8 Å². The normalized spacial score (nSPS) is 23.3. The van der Waals surface area contributed by atoms with Crippen molar-refractivity contribution in [1.82, 2.24) is 14.4 Å². The van der Waals surface area contributed by atoms with Gasteiger partial charge < -0.3 is 19.1 Å². The van der Waals surface area contributed by atoms with Crippen LogP contribution in [0.25, 0.3) is 10.9 Å². The van der Waals surface area contributed by atoms with Gasteiger partial charge in [-0.05, 0) is 49.9 Å². The summed E-state index contributed by atoms with van der Waals surface area (Å²) in [5.41, 5.74) is 0.947. The van der Waals surface area contributed by atoms with Gasteiger partial charge in [0.15, 0.2) is 0 Å². The topological polar surface area (TPSA) is 54.8 Å². The molecule has 2 fully saturated rings. The van der Waals surface area contributed by atoms with Gasteiger partial charge in [-0.2, -0.15) is 0 Å². The third-order valence-electron chi connectivity index (χ3n) is 6.03. The minimum absolute atomic E-state index is 0.0520. The zero-order valence-corrected chi connectivity index (χ0v) is 15.6. The molecule has 3 heterocycles. The van der Waals surface area contributed by atoms with Gasteiger partial charge in [-0.3, -0.25) is 9.59 Å². The number of nitrogens with zero attached hydrogens (tertiary/aromatic N) is 3. The number of carbonyl (C=O) groups excluding carboxylic acids is 2. The third-order valence-corrected chi connectivity index (χ3v) is 6.03. The lowest BCUT2D eigenvalue weighted by Gasteiger charge is -2.43. The molecule has 6 heteroatoms. The molecule has 2 saturated heterocycles. The van der Waals surface area contributed by atoms with Gasteiger partial charge in [-0.25, -0.2) is 0 Å². The number of hydrogen-bond donors (Lipinski definition) is 0. The molecule has 2 aromatic rings. The van der Waals surface area contributed by atoms with Crippen LogP contribution in [-0.4, -0.2) is 59.0 Å². The Morgan fingerprint density at radius 1 is 1.12 bits per heavy atom. The molecule has 1 aromatic carbocycles. The number of amides is 2. The van der Waals surface area contributed by atoms with Crippen LogP contribution in [0.15, 0.2) is 24.3 Å². The fraction of sp³-hybridized carbons (Fsp3) is 0.500. The summed E-state index contributed by atoms with van der Waals surface area (Å²) in [6.07, 6.45) is 3.35. The number of hydrogen-bond acceptors (Lipinski definition) is 3. The first-order valence-corrected chi connectivity index (χ1v) is 9.19. The minimum Gasteiger partial charge on any atom is -0.497 e. The Labute approximate surface area is 153 Å². The van der Waals surface area contributed by atoms with Crippen LogP contribution in [0.2, 0.25) is 0 Å². The van der Waals surface area contributed by atoms with E-state index in [2.05, 4.69) is 0 Å². The molecule has 4 rings (SSSR count). The van der Waals surface area contributed by atoms with Crippen molar-refractivity contribution in [3.05, 3.63) is 30.0 Å². The summed E-state index contributed by atoms with van der Waals surface area (Å²) in [7, 11) is 5.38. The fourth-order valence-electron chi connectivity index (χ4n) is 4.63. The summed E-state index contributed by atoms with van der Waals surface area (Å²) < 4.78 is 7.21. The van der Waals surface area contributed by atoms with Crippen molar-refractivity contribution >= 4 is 22.7 Å². The number of piperidine rings is 1. The predicted molar refractivity (Wildman–Crippen MR) is 99.3 cm³/mol. The molecule has 0 aliphatic carbocycles. The molecule has 0 N–H and O–H groups in total. The first-order chi connectivity index (χ1) is 12.5. The van der Waals surface area contributed by atoms with E-state index >= 15 is 0 Å². The van der Waals surface area contributed by atoms with Crippen LogP contribution in [0.5, 0.6) is 5.75 Å². The number of likely N-dealkylation sites (N-methyl/N-ethyl adjacent to an activating group) is 1. The minimum atomic E-state index is -0.655. The number of rotatable bonds is 2. The maximum Gasteiger partial charge on any atom is 0.271 e. The van der Waals surface area contributed by atoms with E-state index in [9.17, 15) is 9.59 Å². The Morgan fingerprint density at radius 3 is 2.58 bits per heavy atom. The molecule has 1 spiro atoms. The van der Waals surface area contributed by atoms with Crippen LogP contribution in [0.4, 0.5) is 0 Å². The second-order valence-corrected chi connectivity index (χ2v) is 7.44. The molecule has 2 amide bonds. The van der Waals surface area contributed by atoms with Gasteiger partial charge in [0.2, 0.25) is 5.91 Å². The Bertz CT molecular complexity index is 888. The van der Waals surface area contributed by atoms with Crippen molar-refractivity contribution in [3.63, 3.8) is 0 Å². The van der Waals surface area contributed by atoms with Crippen molar-refractivity contribution < 1.29 is 14.3 Å². The number of benzene rings is 1. The van der Waals surface area contributed by atoms with E-state index in [-0.39, 0.29) is 11.8 Å². The second kappa shape index (κ2) is 6.04. The molecular formula is C20H25N3O3. The highest BCUT2D eigenvalue weighted by molar-refractivity contribution is 6.02. The van der Waals surface area contributed by atoms with Gasteiger partial charge >= 0.3 is 0 Å². The highest BCUT2D eigenvalue weighted by Crippen LogP contribution is 2.39. The number of ether oxygens (including phenoxy) is 1. The number of aromatic nitrogens is 1. The molecule has 6 nitrogen and oxygen atoms in total. The lowest BCUT2D eigenvalue weighted by atomic mass is 9.85. The SMILES string of the molecule is COc1ccc2c(c1)cc(C(=O)N1CCCC13CCCN(C)C3=O)n2C. The van der Waals surface area contributed by atoms with Gasteiger partial charge in [-0.15, -0.1) is 0 Å². The second-order valence-electron chi connectivity index (χ2n) is 7.44. The number of fused-ring (bicyclic) bond motifs is 1. The van der Waals surface area contributed by atoms with Gasteiger partial charge in [-0.1, -0.05) is 0 Å². The quantitative estimate of drug-likeness (QED) is 0.831. The van der Waals surface area contributed by atoms with Crippen LogP contribution in [-0.2, 0) is 11.8 Å². The van der Waals surface area contributed by atoms with E-state index < -0.39 is 5.54 Å². The number of aryl methyl sites for hydroxylation is 1. The summed E-state index contributed by atoms with van der Waals surface area (Å²) in [5.74, 6) is 0.808. The summed E-state index contributed by atoms with van der Waals surface area (Å²) in [6.45, 7) is 1.42. The lowest BCUT2D eigenvalue weighted by molar-refractivity contribution is -0.144. The molecule has 1 unspecified atom stereocenters. The van der Waals surface area contributed by atoms with Crippen LogP contribution in [0.1, 0.15) is 36.2 Å². The molecule has 1 aromatic heterocycles. The average molecular weight is 355 g/mol. The zero-order valence-electron chi connectivity index (χ0n) is 15.6. The molecule has 1 atom stereocenters. The summed E-state index contributed by atoms with van der Waals surface area (Å²) >= 11 is 0. The Balaban J connectivity index is 1.74. The van der Waals surface area contributed by atoms with E-state index in [0.717, 1.165) is 48.9 Å². The maximum atomic E-state index is 13.4. The number of likely N-dealkylation sites (tertiary alicyclic amines) is 2. The Kier molecular flexibility index (Phi) is 3.93. The Hall–Kier alpha value is -2.50. The van der Waals surface area contributed by atoms with Crippen LogP contribution in [0.3, 0.4) is 0 Å². The maximum absolute atomic E-state index is 13.4. The van der Waals surface area contributed by atoms with Gasteiger partial charge in [0.25, 0.3) is 5.91 Å². The molecule has 0 radical (unpaired) electrons. The first-order valence-electron chi connectivity index (χ1n) is 9.19. The fourth-order valence-corrected chi connectivity index (χ4v) is 4.63. The van der Waals surface area contributed by atoms with Crippen molar-refractivity contribution in [2.75, 3.05) is 27.2 Å². The average Bonchev–Trinajstić information content (AvgIpc) is 3.21. The van der Waals surface area contributed by atoms with Crippen LogP contribution in [0, 0.1) is 0 Å². The van der Waals surface area contributed by atoms with Gasteiger partial charge in [0, 0.05) is 38.1 Å². The zero-order chi connectivity index (χ0) is 18.5. The highest BCUT2D eigenvalue weighted by atomic mass is 16.5. The standard InChI is InChI=1S/C20H25N3O3/c1-21-10-4-8-20(19(21)25)9-5-11-23(20)18(24)17-13-14-12-15(26-3)6-7-16(14)22(17)2/h6-7,12-13H,4-5,8-11H2,1-3H3. The van der Waals surface area contributed by atoms with Gasteiger partial charge in [0.05, 0.1) is 7.11 Å². The van der Waals surface area contributed by atoms with E-state index in [1.165, 1.54) is 0 Å². The lowest BCUT2D eigenvalue weighted by Crippen LogP contribution is -2.60. The Morgan fingerprint density at radius 2 is 1.85 bits per heavy atom. The van der Waals surface area contributed by atoms with Crippen molar-refractivity contribution in [2.45, 2.75) is 31.2 Å². The predicted octanol–water partition coefficient (Wildman–Crippen LogP) is 2.41. The van der Waals surface area contributed by atoms with Crippen molar-refractivity contribution in [1.29, 1.82) is 0 Å². The highest BCUT2D eigenvalue weighted by Gasteiger charge is 2.52. The number of methoxy groups -OCH3 is 1. The molecule has 138 valence electrons. The van der Waals surface area contributed by atoms with Gasteiger partial charge in [0.1, 0.15) is 17.0 Å². The van der Waals surface area contributed by atoms with Crippen molar-refractivity contribution in [3.8, 4) is 5.75 Å². The first kappa shape index (κ1) is 16.9. The smallest absolute Gasteiger partial charge is 0.271 e. The molecule has 2 aliphatic heterocycles. The monoisotopic (exact) mass is 355 g/mol. The number of carbonyl (C=O) groups is 2.